The van der Waals surface area contributed by atoms with Gasteiger partial charge in [0.15, 0.2) is 0 Å². The van der Waals surface area contributed by atoms with Crippen LogP contribution in [0, 0.1) is 45.8 Å². The van der Waals surface area contributed by atoms with Gasteiger partial charge in [-0.25, -0.2) is 4.79 Å². The maximum atomic E-state index is 12.9. The van der Waals surface area contributed by atoms with Crippen LogP contribution < -0.4 is 0 Å². The predicted octanol–water partition coefficient (Wildman–Crippen LogP) is 7.24. The third kappa shape index (κ3) is 4.58. The predicted molar refractivity (Wildman–Crippen MR) is 135 cm³/mol. The second kappa shape index (κ2) is 9.38. The van der Waals surface area contributed by atoms with Gasteiger partial charge in [-0.05, 0) is 104 Å². The number of amides is 1. The van der Waals surface area contributed by atoms with Gasteiger partial charge in [0.25, 0.3) is 0 Å². The molecule has 1 amide bonds. The summed E-state index contributed by atoms with van der Waals surface area (Å²) in [5.74, 6) is 2.97. The van der Waals surface area contributed by atoms with E-state index in [1.165, 1.54) is 50.5 Å². The van der Waals surface area contributed by atoms with Crippen molar-refractivity contribution >= 4 is 17.7 Å². The number of ether oxygens (including phenoxy) is 1. The monoisotopic (exact) mass is 482 g/mol. The molecule has 3 saturated carbocycles. The molecule has 1 aliphatic heterocycles. The van der Waals surface area contributed by atoms with E-state index in [4.69, 9.17) is 21.6 Å². The van der Waals surface area contributed by atoms with Crippen molar-refractivity contribution in [1.29, 1.82) is 5.26 Å². The van der Waals surface area contributed by atoms with Gasteiger partial charge in [0.1, 0.15) is 6.07 Å². The Labute approximate surface area is 210 Å². The van der Waals surface area contributed by atoms with Gasteiger partial charge in [-0.15, -0.1) is 0 Å². The Balaban J connectivity index is 1.19. The van der Waals surface area contributed by atoms with Crippen LogP contribution in [0.3, 0.4) is 0 Å². The molecule has 1 heterocycles. The summed E-state index contributed by atoms with van der Waals surface area (Å²) in [5.41, 5.74) is 2.30. The molecule has 3 aliphatic carbocycles. The largest absolute Gasteiger partial charge is 0.449 e. The first-order chi connectivity index (χ1) is 16.3. The Morgan fingerprint density at radius 3 is 2.82 bits per heavy atom. The smallest absolute Gasteiger partial charge is 0.409 e. The summed E-state index contributed by atoms with van der Waals surface area (Å²) in [6.45, 7) is 6.92. The van der Waals surface area contributed by atoms with E-state index in [0.29, 0.717) is 34.4 Å². The number of rotatable bonds is 8. The first-order valence-electron chi connectivity index (χ1n) is 13.4. The number of nitrogens with zero attached hydrogens (tertiary/aromatic N) is 2. The summed E-state index contributed by atoms with van der Waals surface area (Å²) in [6.07, 6.45) is 12.1. The minimum absolute atomic E-state index is 0.0804. The molecule has 2 bridgehead atoms. The summed E-state index contributed by atoms with van der Waals surface area (Å²) in [6, 6.07) is 7.99. The van der Waals surface area contributed by atoms with Gasteiger partial charge in [-0.1, -0.05) is 44.4 Å². The number of carbonyl (C=O) groups is 1. The molecule has 3 unspecified atom stereocenters. The lowest BCUT2D eigenvalue weighted by molar-refractivity contribution is 0.0806. The number of nitriles is 1. The number of benzene rings is 1. The first kappa shape index (κ1) is 24.0. The molecule has 0 N–H and O–H groups in total. The maximum Gasteiger partial charge on any atom is 0.409 e. The summed E-state index contributed by atoms with van der Waals surface area (Å²) in [4.78, 5) is 14.9. The molecule has 4 nitrogen and oxygen atoms in total. The van der Waals surface area contributed by atoms with Crippen LogP contribution in [0.5, 0.6) is 0 Å². The zero-order valence-electron chi connectivity index (χ0n) is 20.8. The molecular weight excluding hydrogens is 444 g/mol. The Bertz CT molecular complexity index is 971. The molecule has 4 aliphatic rings. The van der Waals surface area contributed by atoms with Crippen LogP contribution >= 0.6 is 11.6 Å². The van der Waals surface area contributed by atoms with E-state index in [0.717, 1.165) is 44.2 Å². The average Bonchev–Trinajstić information content (AvgIpc) is 3.27. The lowest BCUT2D eigenvalue weighted by atomic mass is 9.81. The Hall–Kier alpha value is -1.73. The van der Waals surface area contributed by atoms with E-state index in [-0.39, 0.29) is 11.5 Å². The van der Waals surface area contributed by atoms with Crippen molar-refractivity contribution < 1.29 is 9.53 Å². The standard InChI is InChI=1S/C29H39ClN2O2/c1-20(2)7-9-28(10-8-21-3-6-24(16-31)26(30)15-21)18-29(28)11-12-32(19-29)27(33)34-17-25-14-22-4-5-23(25)13-22/h3,6,15,20,22-23,25H,4-5,7-14,17-19H2,1-2H3/t22?,23?,25?,28-,29-/m0/s1. The van der Waals surface area contributed by atoms with Gasteiger partial charge >= 0.3 is 6.09 Å². The van der Waals surface area contributed by atoms with Gasteiger partial charge in [0, 0.05) is 13.1 Å². The van der Waals surface area contributed by atoms with Crippen molar-refractivity contribution in [3.8, 4) is 6.07 Å². The van der Waals surface area contributed by atoms with Crippen molar-refractivity contribution in [2.75, 3.05) is 19.7 Å². The normalized spacial score (nSPS) is 33.6. The van der Waals surface area contributed by atoms with E-state index < -0.39 is 0 Å². The van der Waals surface area contributed by atoms with Crippen molar-refractivity contribution in [1.82, 2.24) is 4.90 Å². The van der Waals surface area contributed by atoms with Crippen molar-refractivity contribution in [2.24, 2.45) is 34.5 Å². The van der Waals surface area contributed by atoms with E-state index in [2.05, 4.69) is 19.9 Å². The SMILES string of the molecule is CC(C)CC[C@]1(CCc2ccc(C#N)c(Cl)c2)C[C@]12CCN(C(=O)OCC1CC3CCC1C3)C2. The van der Waals surface area contributed by atoms with Gasteiger partial charge in [-0.2, -0.15) is 5.26 Å². The van der Waals surface area contributed by atoms with E-state index in [1.807, 2.05) is 23.1 Å². The number of halogens is 1. The molecule has 1 spiro atoms. The van der Waals surface area contributed by atoms with Gasteiger partial charge in [0.2, 0.25) is 0 Å². The Morgan fingerprint density at radius 1 is 1.29 bits per heavy atom. The fourth-order valence-corrected chi connectivity index (χ4v) is 7.89. The van der Waals surface area contributed by atoms with Gasteiger partial charge in [-0.3, -0.25) is 0 Å². The zero-order chi connectivity index (χ0) is 23.9. The number of hydrogen-bond donors (Lipinski definition) is 0. The molecule has 1 saturated heterocycles. The number of likely N-dealkylation sites (tertiary alicyclic amines) is 1. The van der Waals surface area contributed by atoms with Crippen LogP contribution in [0.25, 0.3) is 0 Å². The molecule has 4 fully saturated rings. The van der Waals surface area contributed by atoms with E-state index in [9.17, 15) is 4.79 Å². The fraction of sp³-hybridized carbons (Fsp3) is 0.724. The summed E-state index contributed by atoms with van der Waals surface area (Å²) in [5, 5.41) is 9.71. The first-order valence-corrected chi connectivity index (χ1v) is 13.8. The van der Waals surface area contributed by atoms with Crippen LogP contribution in [0.1, 0.15) is 82.8 Å². The highest BCUT2D eigenvalue weighted by Gasteiger charge is 2.68. The van der Waals surface area contributed by atoms with Crippen LogP contribution in [0.2, 0.25) is 5.02 Å². The van der Waals surface area contributed by atoms with Crippen LogP contribution in [-0.4, -0.2) is 30.7 Å². The topological polar surface area (TPSA) is 53.3 Å². The number of carbonyl (C=O) groups excluding carboxylic acids is 1. The van der Waals surface area contributed by atoms with Crippen LogP contribution in [-0.2, 0) is 11.2 Å². The van der Waals surface area contributed by atoms with Crippen molar-refractivity contribution in [2.45, 2.75) is 78.1 Å². The summed E-state index contributed by atoms with van der Waals surface area (Å²) >= 11 is 6.29. The summed E-state index contributed by atoms with van der Waals surface area (Å²) in [7, 11) is 0. The average molecular weight is 483 g/mol. The third-order valence-corrected chi connectivity index (χ3v) is 10.2. The molecule has 5 rings (SSSR count). The van der Waals surface area contributed by atoms with E-state index in [1.54, 1.807) is 0 Å². The second-order valence-electron chi connectivity index (χ2n) is 12.3. The number of fused-ring (bicyclic) bond motifs is 2. The molecular formula is C29H39ClN2O2. The Kier molecular flexibility index (Phi) is 6.62. The minimum Gasteiger partial charge on any atom is -0.449 e. The number of hydrogen-bond acceptors (Lipinski definition) is 3. The highest BCUT2D eigenvalue weighted by Crippen LogP contribution is 2.72. The van der Waals surface area contributed by atoms with Crippen molar-refractivity contribution in [3.63, 3.8) is 0 Å². The highest BCUT2D eigenvalue weighted by atomic mass is 35.5. The fourth-order valence-electron chi connectivity index (χ4n) is 7.64. The van der Waals surface area contributed by atoms with Crippen LogP contribution in [0.15, 0.2) is 18.2 Å². The molecule has 5 heteroatoms. The van der Waals surface area contributed by atoms with Gasteiger partial charge < -0.3 is 9.64 Å². The minimum atomic E-state index is -0.0804. The quantitative estimate of drug-likeness (QED) is 0.392. The highest BCUT2D eigenvalue weighted by molar-refractivity contribution is 6.31. The van der Waals surface area contributed by atoms with Gasteiger partial charge in [0.05, 0.1) is 17.2 Å². The number of aryl methyl sites for hydroxylation is 1. The zero-order valence-corrected chi connectivity index (χ0v) is 21.6. The third-order valence-electron chi connectivity index (χ3n) is 9.84. The molecule has 0 radical (unpaired) electrons. The lowest BCUT2D eigenvalue weighted by Crippen LogP contribution is -2.32. The van der Waals surface area contributed by atoms with Crippen molar-refractivity contribution in [3.05, 3.63) is 34.3 Å². The molecule has 5 atom stereocenters. The Morgan fingerprint density at radius 2 is 2.15 bits per heavy atom. The molecule has 1 aromatic rings. The maximum absolute atomic E-state index is 12.9. The summed E-state index contributed by atoms with van der Waals surface area (Å²) < 4.78 is 5.86. The van der Waals surface area contributed by atoms with Crippen LogP contribution in [0.4, 0.5) is 4.79 Å². The second-order valence-corrected chi connectivity index (χ2v) is 12.7. The molecule has 1 aromatic carbocycles. The lowest BCUT2D eigenvalue weighted by Gasteiger charge is -2.25. The molecule has 34 heavy (non-hydrogen) atoms. The van der Waals surface area contributed by atoms with E-state index >= 15 is 0 Å². The molecule has 0 aromatic heterocycles. The molecule has 184 valence electrons.